The standard InChI is InChI=1S/C24H27N3O4/c1-17-6-8-18(9-7-17)22(28)20-21(19-5-2-3-10-25-19)27(24(30)23(20)29)12-4-11-26-13-15-31-16-14-26/h2-3,5-10,21,28H,4,11-16H2,1H3/p+2. The molecule has 3 heterocycles. The van der Waals surface area contributed by atoms with Gasteiger partial charge in [0.05, 0.1) is 25.3 Å². The average Bonchev–Trinajstić information content (AvgIpc) is 3.05. The minimum Gasteiger partial charge on any atom is -0.507 e. The average molecular weight is 424 g/mol. The van der Waals surface area contributed by atoms with Crippen LogP contribution in [0.3, 0.4) is 0 Å². The van der Waals surface area contributed by atoms with Crippen molar-refractivity contribution < 1.29 is 29.3 Å². The molecule has 2 saturated heterocycles. The van der Waals surface area contributed by atoms with E-state index in [0.29, 0.717) is 17.8 Å². The number of aromatic nitrogens is 1. The molecule has 7 nitrogen and oxygen atoms in total. The number of benzene rings is 1. The third kappa shape index (κ3) is 4.52. The number of aliphatic hydroxyl groups excluding tert-OH is 1. The van der Waals surface area contributed by atoms with Crippen LogP contribution in [0.5, 0.6) is 0 Å². The zero-order chi connectivity index (χ0) is 21.8. The number of nitrogens with one attached hydrogen (secondary N) is 2. The molecule has 7 heteroatoms. The number of ether oxygens (including phenoxy) is 1. The predicted octanol–water partition coefficient (Wildman–Crippen LogP) is 0.536. The first-order chi connectivity index (χ1) is 15.1. The quantitative estimate of drug-likeness (QED) is 0.403. The van der Waals surface area contributed by atoms with Crippen molar-refractivity contribution in [2.24, 2.45) is 0 Å². The highest BCUT2D eigenvalue weighted by Gasteiger charge is 2.48. The van der Waals surface area contributed by atoms with Crippen LogP contribution < -0.4 is 9.88 Å². The fraction of sp³-hybridized carbons (Fsp3) is 0.375. The van der Waals surface area contributed by atoms with Gasteiger partial charge in [-0.05, 0) is 6.92 Å². The molecule has 1 atom stereocenters. The lowest BCUT2D eigenvalue weighted by molar-refractivity contribution is -0.908. The van der Waals surface area contributed by atoms with Gasteiger partial charge in [0.15, 0.2) is 6.20 Å². The lowest BCUT2D eigenvalue weighted by Gasteiger charge is -2.26. The molecule has 31 heavy (non-hydrogen) atoms. The van der Waals surface area contributed by atoms with Gasteiger partial charge in [-0.15, -0.1) is 0 Å². The SMILES string of the molecule is Cc1ccc(C(O)=C2C(=O)C(=O)N(CCC[NH+]3CCOCC3)C2c2cccc[nH+]2)cc1. The monoisotopic (exact) mass is 423 g/mol. The van der Waals surface area contributed by atoms with Crippen molar-refractivity contribution in [3.05, 3.63) is 71.1 Å². The first-order valence-corrected chi connectivity index (χ1v) is 10.8. The third-order valence-corrected chi connectivity index (χ3v) is 6.02. The van der Waals surface area contributed by atoms with E-state index < -0.39 is 17.7 Å². The summed E-state index contributed by atoms with van der Waals surface area (Å²) in [6, 6.07) is 12.2. The van der Waals surface area contributed by atoms with Crippen LogP contribution in [0.4, 0.5) is 0 Å². The number of Topliss-reactive ketones (excluding diaryl/α,β-unsaturated/α-hetero) is 1. The summed E-state index contributed by atoms with van der Waals surface area (Å²) in [6.45, 7) is 6.76. The molecule has 2 aliphatic rings. The van der Waals surface area contributed by atoms with Crippen molar-refractivity contribution in [1.29, 1.82) is 0 Å². The molecule has 0 radical (unpaired) electrons. The Morgan fingerprint density at radius 2 is 1.90 bits per heavy atom. The van der Waals surface area contributed by atoms with E-state index in [-0.39, 0.29) is 11.3 Å². The molecule has 0 spiro atoms. The fourth-order valence-electron chi connectivity index (χ4n) is 4.29. The topological polar surface area (TPSA) is 85.4 Å². The highest BCUT2D eigenvalue weighted by molar-refractivity contribution is 6.46. The van der Waals surface area contributed by atoms with Crippen LogP contribution in [0, 0.1) is 6.92 Å². The maximum Gasteiger partial charge on any atom is 0.295 e. The number of hydrogen-bond acceptors (Lipinski definition) is 4. The van der Waals surface area contributed by atoms with Gasteiger partial charge in [0.1, 0.15) is 24.9 Å². The number of aromatic amines is 1. The number of rotatable bonds is 6. The van der Waals surface area contributed by atoms with E-state index >= 15 is 0 Å². The second-order valence-corrected chi connectivity index (χ2v) is 8.14. The van der Waals surface area contributed by atoms with Gasteiger partial charge in [0.25, 0.3) is 11.7 Å². The molecule has 0 aliphatic carbocycles. The number of H-pyrrole nitrogens is 1. The maximum atomic E-state index is 13.0. The van der Waals surface area contributed by atoms with Crippen LogP contribution in [0.25, 0.3) is 5.76 Å². The predicted molar refractivity (Wildman–Crippen MR) is 114 cm³/mol. The van der Waals surface area contributed by atoms with E-state index in [1.165, 1.54) is 4.90 Å². The van der Waals surface area contributed by atoms with Crippen LogP contribution in [0.2, 0.25) is 0 Å². The van der Waals surface area contributed by atoms with Crippen LogP contribution >= 0.6 is 0 Å². The van der Waals surface area contributed by atoms with Crippen LogP contribution in [0.15, 0.2) is 54.2 Å². The number of carbonyl (C=O) groups is 2. The van der Waals surface area contributed by atoms with E-state index in [4.69, 9.17) is 4.74 Å². The summed E-state index contributed by atoms with van der Waals surface area (Å²) in [5.41, 5.74) is 2.42. The number of aryl methyl sites for hydroxylation is 1. The van der Waals surface area contributed by atoms with E-state index in [1.54, 1.807) is 23.2 Å². The second kappa shape index (κ2) is 9.41. The summed E-state index contributed by atoms with van der Waals surface area (Å²) < 4.78 is 5.41. The van der Waals surface area contributed by atoms with E-state index in [1.807, 2.05) is 37.3 Å². The van der Waals surface area contributed by atoms with Crippen molar-refractivity contribution >= 4 is 17.4 Å². The fourth-order valence-corrected chi connectivity index (χ4v) is 4.29. The van der Waals surface area contributed by atoms with E-state index in [9.17, 15) is 14.7 Å². The Labute approximate surface area is 182 Å². The maximum absolute atomic E-state index is 13.0. The molecule has 1 amide bonds. The summed E-state index contributed by atoms with van der Waals surface area (Å²) in [5.74, 6) is -1.34. The third-order valence-electron chi connectivity index (χ3n) is 6.02. The first-order valence-electron chi connectivity index (χ1n) is 10.8. The molecule has 1 aromatic carbocycles. The lowest BCUT2D eigenvalue weighted by Crippen LogP contribution is -3.14. The Hall–Kier alpha value is -3.03. The molecular formula is C24H29N3O4+2. The van der Waals surface area contributed by atoms with Crippen LogP contribution in [0.1, 0.15) is 29.3 Å². The summed E-state index contributed by atoms with van der Waals surface area (Å²) in [6.07, 6.45) is 2.54. The smallest absolute Gasteiger partial charge is 0.295 e. The van der Waals surface area contributed by atoms with Crippen molar-refractivity contribution in [3.63, 3.8) is 0 Å². The molecule has 1 unspecified atom stereocenters. The zero-order valence-electron chi connectivity index (χ0n) is 17.8. The minimum atomic E-state index is -0.640. The number of nitrogens with zero attached hydrogens (tertiary/aromatic N) is 1. The number of carbonyl (C=O) groups excluding carboxylic acids is 2. The molecule has 0 bridgehead atoms. The first kappa shape index (κ1) is 21.2. The highest BCUT2D eigenvalue weighted by atomic mass is 16.5. The number of likely N-dealkylation sites (tertiary alicyclic amines) is 1. The normalized spacial score (nSPS) is 21.6. The molecule has 1 aromatic heterocycles. The molecule has 162 valence electrons. The van der Waals surface area contributed by atoms with Gasteiger partial charge in [-0.1, -0.05) is 35.9 Å². The molecule has 2 fully saturated rings. The van der Waals surface area contributed by atoms with Crippen LogP contribution in [-0.4, -0.2) is 61.1 Å². The molecule has 2 aromatic rings. The molecular weight excluding hydrogens is 394 g/mol. The number of morpholine rings is 1. The van der Waals surface area contributed by atoms with Crippen molar-refractivity contribution in [2.45, 2.75) is 19.4 Å². The van der Waals surface area contributed by atoms with Gasteiger partial charge in [0.2, 0.25) is 5.69 Å². The van der Waals surface area contributed by atoms with Gasteiger partial charge in [-0.2, -0.15) is 0 Å². The van der Waals surface area contributed by atoms with Crippen molar-refractivity contribution in [3.8, 4) is 0 Å². The highest BCUT2D eigenvalue weighted by Crippen LogP contribution is 2.37. The zero-order valence-corrected chi connectivity index (χ0v) is 17.8. The molecule has 2 aliphatic heterocycles. The largest absolute Gasteiger partial charge is 0.507 e. The number of quaternary nitrogens is 1. The number of aliphatic hydroxyl groups is 1. The van der Waals surface area contributed by atoms with Crippen molar-refractivity contribution in [2.75, 3.05) is 39.4 Å². The van der Waals surface area contributed by atoms with Gasteiger partial charge in [-0.25, -0.2) is 4.98 Å². The summed E-state index contributed by atoms with van der Waals surface area (Å²) >= 11 is 0. The summed E-state index contributed by atoms with van der Waals surface area (Å²) in [7, 11) is 0. The number of amides is 1. The molecule has 0 saturated carbocycles. The van der Waals surface area contributed by atoms with Gasteiger partial charge < -0.3 is 19.6 Å². The Morgan fingerprint density at radius 1 is 1.16 bits per heavy atom. The Kier molecular flexibility index (Phi) is 6.44. The summed E-state index contributed by atoms with van der Waals surface area (Å²) in [5, 5.41) is 11.0. The number of hydrogen-bond donors (Lipinski definition) is 2. The second-order valence-electron chi connectivity index (χ2n) is 8.14. The van der Waals surface area contributed by atoms with Gasteiger partial charge in [-0.3, -0.25) is 9.59 Å². The molecule has 3 N–H and O–H groups in total. The number of pyridine rings is 1. The summed E-state index contributed by atoms with van der Waals surface area (Å²) in [4.78, 5) is 32.2. The molecule has 4 rings (SSSR count). The Morgan fingerprint density at radius 3 is 2.58 bits per heavy atom. The van der Waals surface area contributed by atoms with Crippen LogP contribution in [-0.2, 0) is 14.3 Å². The van der Waals surface area contributed by atoms with E-state index in [2.05, 4.69) is 4.98 Å². The van der Waals surface area contributed by atoms with E-state index in [0.717, 1.165) is 44.8 Å². The Balaban J connectivity index is 1.64. The number of ketones is 1. The van der Waals surface area contributed by atoms with Gasteiger partial charge >= 0.3 is 0 Å². The lowest BCUT2D eigenvalue weighted by atomic mass is 9.98. The Bertz CT molecular complexity index is 966. The minimum absolute atomic E-state index is 0.134. The van der Waals surface area contributed by atoms with Gasteiger partial charge in [0, 0.05) is 30.7 Å². The van der Waals surface area contributed by atoms with Crippen molar-refractivity contribution in [1.82, 2.24) is 4.90 Å².